The van der Waals surface area contributed by atoms with E-state index in [-0.39, 0.29) is 18.3 Å². The minimum atomic E-state index is -2.56. The van der Waals surface area contributed by atoms with Crippen molar-refractivity contribution in [3.63, 3.8) is 0 Å². The number of hydrogen-bond acceptors (Lipinski definition) is 3. The lowest BCUT2D eigenvalue weighted by atomic mass is 10.1. The molecule has 0 aromatic heterocycles. The third-order valence-electron chi connectivity index (χ3n) is 3.33. The first-order valence-electron chi connectivity index (χ1n) is 9.34. The molecule has 4 heteroatoms. The second-order valence-corrected chi connectivity index (χ2v) is 9.63. The summed E-state index contributed by atoms with van der Waals surface area (Å²) in [7, 11) is -2.56. The predicted molar refractivity (Wildman–Crippen MR) is 97.2 cm³/mol. The Morgan fingerprint density at radius 2 is 0.955 bits per heavy atom. The SMILES string of the molecule is CCCCCCCCC[Si](OC(C)C)(OC(C)C)OC(C)C. The molecule has 3 nitrogen and oxygen atoms in total. The zero-order valence-electron chi connectivity index (χ0n) is 16.1. The van der Waals surface area contributed by atoms with Gasteiger partial charge in [-0.2, -0.15) is 0 Å². The van der Waals surface area contributed by atoms with Gasteiger partial charge >= 0.3 is 8.80 Å². The quantitative estimate of drug-likeness (QED) is 0.290. The Morgan fingerprint density at radius 1 is 0.591 bits per heavy atom. The maximum absolute atomic E-state index is 6.20. The summed E-state index contributed by atoms with van der Waals surface area (Å²) in [5.41, 5.74) is 0. The van der Waals surface area contributed by atoms with E-state index in [4.69, 9.17) is 13.3 Å². The number of rotatable bonds is 14. The fourth-order valence-electron chi connectivity index (χ4n) is 2.64. The summed E-state index contributed by atoms with van der Waals surface area (Å²) < 4.78 is 18.6. The molecule has 0 saturated carbocycles. The molecule has 0 N–H and O–H groups in total. The Labute approximate surface area is 140 Å². The van der Waals surface area contributed by atoms with Crippen LogP contribution in [-0.2, 0) is 13.3 Å². The van der Waals surface area contributed by atoms with Gasteiger partial charge in [0.05, 0.1) is 0 Å². The Hall–Kier alpha value is 0.0969. The molecule has 0 rings (SSSR count). The molecule has 0 atom stereocenters. The van der Waals surface area contributed by atoms with E-state index in [9.17, 15) is 0 Å². The first-order valence-corrected chi connectivity index (χ1v) is 11.3. The van der Waals surface area contributed by atoms with Gasteiger partial charge < -0.3 is 13.3 Å². The average Bonchev–Trinajstić information content (AvgIpc) is 2.35. The van der Waals surface area contributed by atoms with Gasteiger partial charge in [0.1, 0.15) is 0 Å². The smallest absolute Gasteiger partial charge is 0.371 e. The summed E-state index contributed by atoms with van der Waals surface area (Å²) in [6.07, 6.45) is 9.54. The van der Waals surface area contributed by atoms with E-state index in [0.29, 0.717) is 0 Å². The summed E-state index contributed by atoms with van der Waals surface area (Å²) in [6, 6.07) is 0.940. The largest absolute Gasteiger partial charge is 0.501 e. The maximum atomic E-state index is 6.20. The van der Waals surface area contributed by atoms with Gasteiger partial charge in [-0.1, -0.05) is 45.4 Å². The van der Waals surface area contributed by atoms with Gasteiger partial charge in [-0.3, -0.25) is 0 Å². The zero-order chi connectivity index (χ0) is 17.0. The summed E-state index contributed by atoms with van der Waals surface area (Å²) in [5, 5.41) is 0. The van der Waals surface area contributed by atoms with Crippen LogP contribution >= 0.6 is 0 Å². The fraction of sp³-hybridized carbons (Fsp3) is 1.00. The van der Waals surface area contributed by atoms with Crippen LogP contribution in [0.25, 0.3) is 0 Å². The van der Waals surface area contributed by atoms with Crippen molar-refractivity contribution in [1.82, 2.24) is 0 Å². The van der Waals surface area contributed by atoms with E-state index in [1.807, 2.05) is 0 Å². The van der Waals surface area contributed by atoms with E-state index < -0.39 is 8.80 Å². The molecule has 0 unspecified atom stereocenters. The number of unbranched alkanes of at least 4 members (excludes halogenated alkanes) is 6. The van der Waals surface area contributed by atoms with Gasteiger partial charge in [0.2, 0.25) is 0 Å². The van der Waals surface area contributed by atoms with Crippen molar-refractivity contribution in [3.8, 4) is 0 Å². The van der Waals surface area contributed by atoms with Crippen LogP contribution in [0.15, 0.2) is 0 Å². The fourth-order valence-corrected chi connectivity index (χ4v) is 5.99. The summed E-state index contributed by atoms with van der Waals surface area (Å²) in [4.78, 5) is 0. The highest BCUT2D eigenvalue weighted by atomic mass is 28.4. The van der Waals surface area contributed by atoms with Crippen molar-refractivity contribution >= 4 is 8.80 Å². The Balaban J connectivity index is 4.41. The lowest BCUT2D eigenvalue weighted by molar-refractivity contribution is 0.00278. The van der Waals surface area contributed by atoms with Gasteiger partial charge in [0.25, 0.3) is 0 Å². The molecule has 0 aromatic carbocycles. The van der Waals surface area contributed by atoms with Crippen molar-refractivity contribution in [3.05, 3.63) is 0 Å². The van der Waals surface area contributed by atoms with Crippen LogP contribution in [-0.4, -0.2) is 27.1 Å². The molecule has 0 aromatic rings. The minimum absolute atomic E-state index is 0.147. The highest BCUT2D eigenvalue weighted by Crippen LogP contribution is 2.25. The molecule has 0 amide bonds. The Kier molecular flexibility index (Phi) is 12.6. The maximum Gasteiger partial charge on any atom is 0.501 e. The first kappa shape index (κ1) is 22.1. The number of hydrogen-bond donors (Lipinski definition) is 0. The van der Waals surface area contributed by atoms with Crippen LogP contribution in [0.4, 0.5) is 0 Å². The van der Waals surface area contributed by atoms with E-state index in [2.05, 4.69) is 48.5 Å². The topological polar surface area (TPSA) is 27.7 Å². The normalized spacial score (nSPS) is 12.8. The van der Waals surface area contributed by atoms with Crippen LogP contribution in [0.1, 0.15) is 93.4 Å². The van der Waals surface area contributed by atoms with Crippen LogP contribution in [0, 0.1) is 0 Å². The average molecular weight is 333 g/mol. The van der Waals surface area contributed by atoms with Crippen molar-refractivity contribution in [2.75, 3.05) is 0 Å². The second-order valence-electron chi connectivity index (χ2n) is 7.05. The van der Waals surface area contributed by atoms with E-state index >= 15 is 0 Å². The molecule has 0 spiro atoms. The molecule has 22 heavy (non-hydrogen) atoms. The van der Waals surface area contributed by atoms with Crippen LogP contribution in [0.5, 0.6) is 0 Å². The van der Waals surface area contributed by atoms with Crippen LogP contribution in [0.3, 0.4) is 0 Å². The third-order valence-corrected chi connectivity index (χ3v) is 6.79. The van der Waals surface area contributed by atoms with Gasteiger partial charge in [-0.05, 0) is 48.0 Å². The second kappa shape index (κ2) is 12.5. The van der Waals surface area contributed by atoms with Crippen LogP contribution in [0.2, 0.25) is 6.04 Å². The minimum Gasteiger partial charge on any atom is -0.371 e. The summed E-state index contributed by atoms with van der Waals surface area (Å²) in [5.74, 6) is 0. The highest BCUT2D eigenvalue weighted by molar-refractivity contribution is 6.60. The summed E-state index contributed by atoms with van der Waals surface area (Å²) >= 11 is 0. The van der Waals surface area contributed by atoms with Crippen LogP contribution < -0.4 is 0 Å². The van der Waals surface area contributed by atoms with Gasteiger partial charge in [0.15, 0.2) is 0 Å². The van der Waals surface area contributed by atoms with Gasteiger partial charge in [-0.25, -0.2) is 0 Å². The molecular formula is C18H40O3Si. The van der Waals surface area contributed by atoms with E-state index in [0.717, 1.165) is 12.5 Å². The molecule has 0 aliphatic rings. The molecule has 0 radical (unpaired) electrons. The lowest BCUT2D eigenvalue weighted by Gasteiger charge is -2.34. The molecule has 134 valence electrons. The molecule has 0 bridgehead atoms. The highest BCUT2D eigenvalue weighted by Gasteiger charge is 2.43. The van der Waals surface area contributed by atoms with Crippen molar-refractivity contribution in [2.24, 2.45) is 0 Å². The third kappa shape index (κ3) is 11.6. The first-order chi connectivity index (χ1) is 10.3. The summed E-state index contributed by atoms with van der Waals surface area (Å²) in [6.45, 7) is 14.7. The van der Waals surface area contributed by atoms with Gasteiger partial charge in [-0.15, -0.1) is 0 Å². The standard InChI is InChI=1S/C18H40O3Si/c1-8-9-10-11-12-13-14-15-22(19-16(2)3,20-17(4)5)21-18(6)7/h16-18H,8-15H2,1-7H3. The molecule has 0 fully saturated rings. The Morgan fingerprint density at radius 3 is 1.32 bits per heavy atom. The van der Waals surface area contributed by atoms with E-state index in [1.54, 1.807) is 0 Å². The zero-order valence-corrected chi connectivity index (χ0v) is 17.1. The molecule has 0 saturated heterocycles. The molecule has 0 heterocycles. The van der Waals surface area contributed by atoms with Crippen molar-refractivity contribution in [2.45, 2.75) is 118 Å². The molecule has 0 aliphatic heterocycles. The van der Waals surface area contributed by atoms with Crippen molar-refractivity contribution in [1.29, 1.82) is 0 Å². The molecular weight excluding hydrogens is 292 g/mol. The van der Waals surface area contributed by atoms with E-state index in [1.165, 1.54) is 38.5 Å². The monoisotopic (exact) mass is 332 g/mol. The predicted octanol–water partition coefficient (Wildman–Crippen LogP) is 5.95. The van der Waals surface area contributed by atoms with Gasteiger partial charge in [0, 0.05) is 24.4 Å². The molecule has 0 aliphatic carbocycles. The lowest BCUT2D eigenvalue weighted by Crippen LogP contribution is -2.50. The van der Waals surface area contributed by atoms with Crippen molar-refractivity contribution < 1.29 is 13.3 Å². The Bertz CT molecular complexity index is 228.